The van der Waals surface area contributed by atoms with Gasteiger partial charge in [-0.05, 0) is 24.6 Å². The smallest absolute Gasteiger partial charge is 0.291 e. The maximum absolute atomic E-state index is 12.0. The maximum Gasteiger partial charge on any atom is 0.291 e. The van der Waals surface area contributed by atoms with Crippen molar-refractivity contribution in [3.05, 3.63) is 41.5 Å². The number of H-pyrrole nitrogens is 1. The van der Waals surface area contributed by atoms with Gasteiger partial charge in [0.15, 0.2) is 0 Å². The molecule has 1 amide bonds. The van der Waals surface area contributed by atoms with Gasteiger partial charge in [-0.2, -0.15) is 0 Å². The first-order valence-corrected chi connectivity index (χ1v) is 6.50. The van der Waals surface area contributed by atoms with E-state index in [9.17, 15) is 4.79 Å². The van der Waals surface area contributed by atoms with Gasteiger partial charge in [0.1, 0.15) is 11.6 Å². The van der Waals surface area contributed by atoms with Crippen molar-refractivity contribution in [2.24, 2.45) is 0 Å². The highest BCUT2D eigenvalue weighted by molar-refractivity contribution is 5.90. The number of aryl methyl sites for hydroxylation is 1. The molecule has 20 heavy (non-hydrogen) atoms. The van der Waals surface area contributed by atoms with Gasteiger partial charge in [0.05, 0.1) is 13.2 Å². The van der Waals surface area contributed by atoms with Gasteiger partial charge < -0.3 is 10.1 Å². The van der Waals surface area contributed by atoms with Crippen LogP contribution >= 0.6 is 0 Å². The fourth-order valence-electron chi connectivity index (χ4n) is 1.81. The van der Waals surface area contributed by atoms with Gasteiger partial charge in [-0.3, -0.25) is 9.89 Å². The largest absolute Gasteiger partial charge is 0.497 e. The summed E-state index contributed by atoms with van der Waals surface area (Å²) in [5.41, 5.74) is 0.962. The van der Waals surface area contributed by atoms with Crippen LogP contribution in [0, 0.1) is 0 Å². The van der Waals surface area contributed by atoms with Crippen molar-refractivity contribution in [2.75, 3.05) is 7.11 Å². The van der Waals surface area contributed by atoms with E-state index in [-0.39, 0.29) is 17.8 Å². The third-order valence-electron chi connectivity index (χ3n) is 3.01. The topological polar surface area (TPSA) is 79.9 Å². The van der Waals surface area contributed by atoms with Crippen molar-refractivity contribution in [2.45, 2.75) is 26.3 Å². The zero-order valence-electron chi connectivity index (χ0n) is 11.8. The predicted molar refractivity (Wildman–Crippen MR) is 74.6 cm³/mol. The number of rotatable bonds is 5. The Bertz CT molecular complexity index is 594. The van der Waals surface area contributed by atoms with Crippen molar-refractivity contribution in [3.8, 4) is 5.75 Å². The average molecular weight is 274 g/mol. The minimum atomic E-state index is -0.295. The van der Waals surface area contributed by atoms with E-state index in [1.807, 2.05) is 38.1 Å². The lowest BCUT2D eigenvalue weighted by Crippen LogP contribution is -2.27. The van der Waals surface area contributed by atoms with Gasteiger partial charge in [0.2, 0.25) is 5.82 Å². The van der Waals surface area contributed by atoms with E-state index in [0.717, 1.165) is 11.3 Å². The molecule has 0 fully saturated rings. The first-order valence-electron chi connectivity index (χ1n) is 6.50. The zero-order chi connectivity index (χ0) is 14.5. The highest BCUT2D eigenvalue weighted by Crippen LogP contribution is 2.18. The van der Waals surface area contributed by atoms with Crippen molar-refractivity contribution in [1.29, 1.82) is 0 Å². The van der Waals surface area contributed by atoms with Gasteiger partial charge in [-0.25, -0.2) is 4.98 Å². The van der Waals surface area contributed by atoms with Gasteiger partial charge in [-0.15, -0.1) is 5.10 Å². The Balaban J connectivity index is 2.06. The van der Waals surface area contributed by atoms with Crippen LogP contribution in [0.25, 0.3) is 0 Å². The zero-order valence-corrected chi connectivity index (χ0v) is 11.8. The summed E-state index contributed by atoms with van der Waals surface area (Å²) in [5, 5.41) is 9.48. The Morgan fingerprint density at radius 1 is 1.50 bits per heavy atom. The van der Waals surface area contributed by atoms with Crippen molar-refractivity contribution < 1.29 is 9.53 Å². The van der Waals surface area contributed by atoms with E-state index >= 15 is 0 Å². The molecule has 0 saturated heterocycles. The summed E-state index contributed by atoms with van der Waals surface area (Å²) >= 11 is 0. The number of nitrogens with one attached hydrogen (secondary N) is 2. The van der Waals surface area contributed by atoms with E-state index in [1.165, 1.54) is 0 Å². The first-order chi connectivity index (χ1) is 9.63. The van der Waals surface area contributed by atoms with Crippen molar-refractivity contribution in [3.63, 3.8) is 0 Å². The lowest BCUT2D eigenvalue weighted by atomic mass is 10.1. The molecule has 2 aromatic rings. The molecule has 1 atom stereocenters. The van der Waals surface area contributed by atoms with Crippen LogP contribution in [-0.4, -0.2) is 28.2 Å². The second-order valence-corrected chi connectivity index (χ2v) is 4.43. The lowest BCUT2D eigenvalue weighted by Gasteiger charge is -2.13. The molecule has 1 aromatic heterocycles. The standard InChI is InChI=1S/C14H18N4O2/c1-4-12-16-13(18-17-12)14(19)15-9(2)10-6-5-7-11(8-10)20-3/h5-9H,4H2,1-3H3,(H,15,19)(H,16,17,18). The highest BCUT2D eigenvalue weighted by atomic mass is 16.5. The number of ether oxygens (including phenoxy) is 1. The van der Waals surface area contributed by atoms with Crippen LogP contribution in [0.5, 0.6) is 5.75 Å². The van der Waals surface area contributed by atoms with E-state index in [2.05, 4.69) is 20.5 Å². The molecule has 1 aromatic carbocycles. The fourth-order valence-corrected chi connectivity index (χ4v) is 1.81. The Kier molecular flexibility index (Phi) is 4.34. The summed E-state index contributed by atoms with van der Waals surface area (Å²) in [5.74, 6) is 1.33. The fraction of sp³-hybridized carbons (Fsp3) is 0.357. The Morgan fingerprint density at radius 2 is 2.30 bits per heavy atom. The number of hydrogen-bond acceptors (Lipinski definition) is 4. The van der Waals surface area contributed by atoms with Crippen molar-refractivity contribution >= 4 is 5.91 Å². The summed E-state index contributed by atoms with van der Waals surface area (Å²) < 4.78 is 5.17. The van der Waals surface area contributed by atoms with Gasteiger partial charge in [0, 0.05) is 6.42 Å². The molecule has 2 N–H and O–H groups in total. The molecule has 0 aliphatic heterocycles. The summed E-state index contributed by atoms with van der Waals surface area (Å²) in [6, 6.07) is 7.42. The molecule has 2 rings (SSSR count). The maximum atomic E-state index is 12.0. The summed E-state index contributed by atoms with van der Waals surface area (Å²) in [7, 11) is 1.61. The number of aromatic amines is 1. The van der Waals surface area contributed by atoms with Crippen LogP contribution < -0.4 is 10.1 Å². The van der Waals surface area contributed by atoms with E-state index < -0.39 is 0 Å². The molecule has 0 aliphatic rings. The number of nitrogens with zero attached hydrogens (tertiary/aromatic N) is 2. The summed E-state index contributed by atoms with van der Waals surface area (Å²) in [4.78, 5) is 16.1. The Labute approximate surface area is 117 Å². The molecule has 6 nitrogen and oxygen atoms in total. The second-order valence-electron chi connectivity index (χ2n) is 4.43. The lowest BCUT2D eigenvalue weighted by molar-refractivity contribution is 0.0929. The number of methoxy groups -OCH3 is 1. The van der Waals surface area contributed by atoms with E-state index in [0.29, 0.717) is 12.2 Å². The number of aromatic nitrogens is 3. The molecular formula is C14H18N4O2. The molecular weight excluding hydrogens is 256 g/mol. The van der Waals surface area contributed by atoms with Crippen LogP contribution in [0.2, 0.25) is 0 Å². The molecule has 0 aliphatic carbocycles. The third kappa shape index (κ3) is 3.14. The number of amides is 1. The number of carbonyl (C=O) groups excluding carboxylic acids is 1. The van der Waals surface area contributed by atoms with Crippen LogP contribution in [0.4, 0.5) is 0 Å². The van der Waals surface area contributed by atoms with Gasteiger partial charge >= 0.3 is 0 Å². The van der Waals surface area contributed by atoms with E-state index in [1.54, 1.807) is 7.11 Å². The molecule has 1 heterocycles. The molecule has 0 radical (unpaired) electrons. The first kappa shape index (κ1) is 14.0. The van der Waals surface area contributed by atoms with Crippen LogP contribution in [0.1, 0.15) is 41.9 Å². The second kappa shape index (κ2) is 6.18. The number of benzene rings is 1. The normalized spacial score (nSPS) is 11.9. The molecule has 106 valence electrons. The minimum Gasteiger partial charge on any atom is -0.497 e. The predicted octanol–water partition coefficient (Wildman–Crippen LogP) is 1.87. The van der Waals surface area contributed by atoms with Crippen LogP contribution in [-0.2, 0) is 6.42 Å². The number of hydrogen-bond donors (Lipinski definition) is 2. The summed E-state index contributed by atoms with van der Waals surface area (Å²) in [6.45, 7) is 3.85. The molecule has 0 bridgehead atoms. The summed E-state index contributed by atoms with van der Waals surface area (Å²) in [6.07, 6.45) is 0.714. The average Bonchev–Trinajstić information content (AvgIpc) is 2.96. The van der Waals surface area contributed by atoms with Crippen molar-refractivity contribution in [1.82, 2.24) is 20.5 Å². The number of carbonyl (C=O) groups is 1. The third-order valence-corrected chi connectivity index (χ3v) is 3.01. The van der Waals surface area contributed by atoms with Crippen LogP contribution in [0.15, 0.2) is 24.3 Å². The quantitative estimate of drug-likeness (QED) is 0.872. The SMILES string of the molecule is CCc1nc(C(=O)NC(C)c2cccc(OC)c2)n[nH]1. The molecule has 6 heteroatoms. The Hall–Kier alpha value is -2.37. The monoisotopic (exact) mass is 274 g/mol. The van der Waals surface area contributed by atoms with E-state index in [4.69, 9.17) is 4.74 Å². The highest BCUT2D eigenvalue weighted by Gasteiger charge is 2.15. The molecule has 0 spiro atoms. The Morgan fingerprint density at radius 3 is 2.95 bits per heavy atom. The van der Waals surface area contributed by atoms with Gasteiger partial charge in [-0.1, -0.05) is 19.1 Å². The van der Waals surface area contributed by atoms with Gasteiger partial charge in [0.25, 0.3) is 5.91 Å². The molecule has 0 saturated carbocycles. The van der Waals surface area contributed by atoms with Crippen LogP contribution in [0.3, 0.4) is 0 Å². The minimum absolute atomic E-state index is 0.152. The molecule has 1 unspecified atom stereocenters.